The van der Waals surface area contributed by atoms with Crippen LogP contribution >= 0.6 is 23.4 Å². The molecule has 0 saturated heterocycles. The van der Waals surface area contributed by atoms with Gasteiger partial charge in [-0.15, -0.1) is 11.8 Å². The van der Waals surface area contributed by atoms with Crippen molar-refractivity contribution in [3.8, 4) is 11.5 Å². The van der Waals surface area contributed by atoms with Crippen LogP contribution < -0.4 is 25.4 Å². The van der Waals surface area contributed by atoms with Gasteiger partial charge in [-0.05, 0) is 66.2 Å². The Bertz CT molecular complexity index is 1630. The Morgan fingerprint density at radius 3 is 2.24 bits per heavy atom. The SMILES string of the molecule is O=C(CSc1ccc(NC(=O)/C(=C/c2ccccc2Cl)NC(=O)c2ccccc2)cc1)Nc1ccc2c(c1)OCCO2. The second-order valence-electron chi connectivity index (χ2n) is 9.07. The number of fused-ring (bicyclic) bond motifs is 1. The number of benzene rings is 4. The molecule has 3 N–H and O–H groups in total. The zero-order valence-electron chi connectivity index (χ0n) is 22.3. The molecule has 1 aliphatic rings. The van der Waals surface area contributed by atoms with Gasteiger partial charge in [0.1, 0.15) is 18.9 Å². The maximum absolute atomic E-state index is 13.2. The van der Waals surface area contributed by atoms with E-state index >= 15 is 0 Å². The predicted octanol–water partition coefficient (Wildman–Crippen LogP) is 6.25. The van der Waals surface area contributed by atoms with Gasteiger partial charge < -0.3 is 25.4 Å². The molecule has 1 heterocycles. The second kappa shape index (κ2) is 13.8. The summed E-state index contributed by atoms with van der Waals surface area (Å²) < 4.78 is 11.1. The number of hydrogen-bond acceptors (Lipinski definition) is 6. The van der Waals surface area contributed by atoms with E-state index in [1.165, 1.54) is 17.8 Å². The van der Waals surface area contributed by atoms with Gasteiger partial charge in [0.2, 0.25) is 5.91 Å². The Morgan fingerprint density at radius 2 is 1.48 bits per heavy atom. The van der Waals surface area contributed by atoms with Gasteiger partial charge in [-0.2, -0.15) is 0 Å². The van der Waals surface area contributed by atoms with Gasteiger partial charge in [0.15, 0.2) is 11.5 Å². The fourth-order valence-corrected chi connectivity index (χ4v) is 4.88. The molecule has 4 aromatic rings. The molecule has 0 radical (unpaired) electrons. The van der Waals surface area contributed by atoms with Gasteiger partial charge >= 0.3 is 0 Å². The van der Waals surface area contributed by atoms with E-state index in [9.17, 15) is 14.4 Å². The highest BCUT2D eigenvalue weighted by atomic mass is 35.5. The maximum Gasteiger partial charge on any atom is 0.272 e. The number of halogens is 1. The summed E-state index contributed by atoms with van der Waals surface area (Å²) in [6.07, 6.45) is 1.53. The van der Waals surface area contributed by atoms with Crippen LogP contribution in [0.2, 0.25) is 5.02 Å². The lowest BCUT2D eigenvalue weighted by molar-refractivity contribution is -0.114. The van der Waals surface area contributed by atoms with E-state index < -0.39 is 11.8 Å². The van der Waals surface area contributed by atoms with Crippen molar-refractivity contribution in [2.45, 2.75) is 4.90 Å². The number of thioether (sulfide) groups is 1. The number of anilines is 2. The van der Waals surface area contributed by atoms with Crippen LogP contribution in [0.15, 0.2) is 108 Å². The van der Waals surface area contributed by atoms with Crippen molar-refractivity contribution < 1.29 is 23.9 Å². The molecular weight excluding hydrogens is 574 g/mol. The average Bonchev–Trinajstić information content (AvgIpc) is 3.01. The Labute approximate surface area is 252 Å². The van der Waals surface area contributed by atoms with Crippen molar-refractivity contribution in [2.75, 3.05) is 29.6 Å². The summed E-state index contributed by atoms with van der Waals surface area (Å²) in [5.74, 6) is 0.345. The predicted molar refractivity (Wildman–Crippen MR) is 165 cm³/mol. The van der Waals surface area contributed by atoms with Crippen molar-refractivity contribution in [3.05, 3.63) is 119 Å². The van der Waals surface area contributed by atoms with Crippen LogP contribution in [0.1, 0.15) is 15.9 Å². The fourth-order valence-electron chi connectivity index (χ4n) is 3.99. The molecule has 0 unspecified atom stereocenters. The van der Waals surface area contributed by atoms with Gasteiger partial charge in [0.05, 0.1) is 5.75 Å². The quantitative estimate of drug-likeness (QED) is 0.155. The third-order valence-electron chi connectivity index (χ3n) is 6.04. The Balaban J connectivity index is 1.20. The number of rotatable bonds is 9. The van der Waals surface area contributed by atoms with Crippen LogP contribution in [0.4, 0.5) is 11.4 Å². The first-order chi connectivity index (χ1) is 20.4. The first-order valence-electron chi connectivity index (χ1n) is 13.0. The first kappa shape index (κ1) is 28.8. The summed E-state index contributed by atoms with van der Waals surface area (Å²) in [5, 5.41) is 8.81. The van der Waals surface area contributed by atoms with E-state index in [1.807, 2.05) is 0 Å². The van der Waals surface area contributed by atoms with Gasteiger partial charge in [0.25, 0.3) is 11.8 Å². The number of ether oxygens (including phenoxy) is 2. The standard InChI is InChI=1S/C32H26ClN3O5S/c33-26-9-5-4-8-22(26)18-27(36-31(38)21-6-2-1-3-7-21)32(39)35-23-10-13-25(14-11-23)42-20-30(37)34-24-12-15-28-29(19-24)41-17-16-40-28/h1-15,18-19H,16-17,20H2,(H,34,37)(H,35,39)(H,36,38)/b27-18-. The van der Waals surface area contributed by atoms with Crippen molar-refractivity contribution in [2.24, 2.45) is 0 Å². The molecule has 42 heavy (non-hydrogen) atoms. The third kappa shape index (κ3) is 7.72. The van der Waals surface area contributed by atoms with Crippen LogP contribution in [-0.4, -0.2) is 36.7 Å². The summed E-state index contributed by atoms with van der Waals surface area (Å²) in [5.41, 5.74) is 2.17. The van der Waals surface area contributed by atoms with E-state index in [4.69, 9.17) is 21.1 Å². The molecule has 0 aliphatic carbocycles. The Morgan fingerprint density at radius 1 is 0.786 bits per heavy atom. The van der Waals surface area contributed by atoms with E-state index in [-0.39, 0.29) is 17.4 Å². The minimum absolute atomic E-state index is 0.0335. The Hall–Kier alpha value is -4.73. The number of carbonyl (C=O) groups excluding carboxylic acids is 3. The lowest BCUT2D eigenvalue weighted by atomic mass is 10.1. The molecule has 3 amide bonds. The van der Waals surface area contributed by atoms with Crippen LogP contribution in [0, 0.1) is 0 Å². The van der Waals surface area contributed by atoms with Gasteiger partial charge in [-0.25, -0.2) is 0 Å². The highest BCUT2D eigenvalue weighted by molar-refractivity contribution is 8.00. The minimum atomic E-state index is -0.515. The molecule has 10 heteroatoms. The maximum atomic E-state index is 13.2. The zero-order chi connectivity index (χ0) is 29.3. The largest absolute Gasteiger partial charge is 0.486 e. The number of nitrogens with one attached hydrogen (secondary N) is 3. The molecule has 5 rings (SSSR count). The van der Waals surface area contributed by atoms with Gasteiger partial charge in [-0.3, -0.25) is 14.4 Å². The number of amides is 3. The summed E-state index contributed by atoms with van der Waals surface area (Å²) in [7, 11) is 0. The summed E-state index contributed by atoms with van der Waals surface area (Å²) in [6, 6.07) is 28.0. The normalized spacial score (nSPS) is 12.3. The molecule has 0 saturated carbocycles. The Kier molecular flexibility index (Phi) is 9.43. The molecule has 0 fully saturated rings. The molecule has 0 atom stereocenters. The molecular formula is C32H26ClN3O5S. The van der Waals surface area contributed by atoms with Crippen molar-refractivity contribution in [1.82, 2.24) is 5.32 Å². The van der Waals surface area contributed by atoms with Crippen LogP contribution in [0.25, 0.3) is 6.08 Å². The van der Waals surface area contributed by atoms with Crippen molar-refractivity contribution in [3.63, 3.8) is 0 Å². The van der Waals surface area contributed by atoms with Crippen LogP contribution in [0.3, 0.4) is 0 Å². The lowest BCUT2D eigenvalue weighted by Crippen LogP contribution is -2.30. The minimum Gasteiger partial charge on any atom is -0.486 e. The topological polar surface area (TPSA) is 106 Å². The summed E-state index contributed by atoms with van der Waals surface area (Å²) >= 11 is 7.66. The van der Waals surface area contributed by atoms with Crippen molar-refractivity contribution >= 4 is 58.5 Å². The van der Waals surface area contributed by atoms with Crippen molar-refractivity contribution in [1.29, 1.82) is 0 Å². The zero-order valence-corrected chi connectivity index (χ0v) is 23.8. The molecule has 8 nitrogen and oxygen atoms in total. The molecule has 0 spiro atoms. The monoisotopic (exact) mass is 599 g/mol. The third-order valence-corrected chi connectivity index (χ3v) is 7.40. The average molecular weight is 600 g/mol. The van der Waals surface area contributed by atoms with Gasteiger partial charge in [0, 0.05) is 32.9 Å². The fraction of sp³-hybridized carbons (Fsp3) is 0.0938. The first-order valence-corrected chi connectivity index (χ1v) is 14.4. The summed E-state index contributed by atoms with van der Waals surface area (Å²) in [6.45, 7) is 0.973. The van der Waals surface area contributed by atoms with E-state index in [2.05, 4.69) is 16.0 Å². The number of hydrogen-bond donors (Lipinski definition) is 3. The number of carbonyl (C=O) groups is 3. The highest BCUT2D eigenvalue weighted by Crippen LogP contribution is 2.32. The molecule has 0 aromatic heterocycles. The molecule has 0 bridgehead atoms. The lowest BCUT2D eigenvalue weighted by Gasteiger charge is -2.19. The smallest absolute Gasteiger partial charge is 0.272 e. The molecule has 212 valence electrons. The van der Waals surface area contributed by atoms with E-state index in [0.717, 1.165) is 4.90 Å². The second-order valence-corrected chi connectivity index (χ2v) is 10.5. The van der Waals surface area contributed by atoms with Crippen LogP contribution in [0.5, 0.6) is 11.5 Å². The van der Waals surface area contributed by atoms with Gasteiger partial charge in [-0.1, -0.05) is 48.0 Å². The molecule has 1 aliphatic heterocycles. The highest BCUT2D eigenvalue weighted by Gasteiger charge is 2.16. The van der Waals surface area contributed by atoms with E-state index in [0.29, 0.717) is 52.2 Å². The van der Waals surface area contributed by atoms with Crippen LogP contribution in [-0.2, 0) is 9.59 Å². The molecule has 4 aromatic carbocycles. The summed E-state index contributed by atoms with van der Waals surface area (Å²) in [4.78, 5) is 39.4. The van der Waals surface area contributed by atoms with E-state index in [1.54, 1.807) is 97.1 Å².